The van der Waals surface area contributed by atoms with Crippen LogP contribution in [0, 0.1) is 0 Å². The molecule has 0 aliphatic heterocycles. The first-order valence-electron chi connectivity index (χ1n) is 8.52. The van der Waals surface area contributed by atoms with Crippen LogP contribution in [0.1, 0.15) is 9.67 Å². The molecule has 2 amide bonds. The van der Waals surface area contributed by atoms with Gasteiger partial charge in [0, 0.05) is 14.6 Å². The first-order valence-corrected chi connectivity index (χ1v) is 11.7. The van der Waals surface area contributed by atoms with Crippen molar-refractivity contribution in [2.45, 2.75) is 0 Å². The maximum atomic E-state index is 12.5. The third-order valence-corrected chi connectivity index (χ3v) is 6.81. The van der Waals surface area contributed by atoms with Gasteiger partial charge in [0.1, 0.15) is 16.4 Å². The van der Waals surface area contributed by atoms with Gasteiger partial charge in [-0.1, -0.05) is 27.5 Å². The monoisotopic (exact) mass is 605 g/mol. The van der Waals surface area contributed by atoms with Gasteiger partial charge in [0.2, 0.25) is 0 Å². The number of ether oxygens (including phenoxy) is 2. The summed E-state index contributed by atoms with van der Waals surface area (Å²) in [6.07, 6.45) is 0. The molecule has 0 aliphatic rings. The zero-order valence-electron chi connectivity index (χ0n) is 15.8. The molecule has 162 valence electrons. The minimum absolute atomic E-state index is 0.0886. The molecule has 0 spiro atoms. The Bertz CT molecular complexity index is 1170. The number of hydrogen-bond donors (Lipinski definition) is 3. The number of carbonyl (C=O) groups excluding carboxylic acids is 2. The number of fused-ring (bicyclic) bond motifs is 1. The number of hydrazine groups is 1. The van der Waals surface area contributed by atoms with Gasteiger partial charge in [-0.3, -0.25) is 25.8 Å². The minimum atomic E-state index is -0.494. The molecule has 0 fully saturated rings. The summed E-state index contributed by atoms with van der Waals surface area (Å²) in [7, 11) is 1.56. The molecule has 7 nitrogen and oxygen atoms in total. The van der Waals surface area contributed by atoms with Crippen LogP contribution in [0.3, 0.4) is 0 Å². The van der Waals surface area contributed by atoms with Crippen LogP contribution >= 0.6 is 67.0 Å². The fourth-order valence-corrected chi connectivity index (χ4v) is 5.15. The van der Waals surface area contributed by atoms with Crippen molar-refractivity contribution in [3.63, 3.8) is 0 Å². The number of methoxy groups -OCH3 is 1. The van der Waals surface area contributed by atoms with Crippen molar-refractivity contribution in [2.75, 3.05) is 13.7 Å². The number of amides is 2. The van der Waals surface area contributed by atoms with Gasteiger partial charge in [0.25, 0.3) is 11.8 Å². The topological polar surface area (TPSA) is 88.7 Å². The van der Waals surface area contributed by atoms with Crippen molar-refractivity contribution >= 4 is 94.0 Å². The van der Waals surface area contributed by atoms with E-state index in [0.717, 1.165) is 14.6 Å². The zero-order chi connectivity index (χ0) is 22.5. The molecule has 0 saturated carbocycles. The summed E-state index contributed by atoms with van der Waals surface area (Å²) in [5.74, 6) is 0.185. The quantitative estimate of drug-likeness (QED) is 0.285. The van der Waals surface area contributed by atoms with Crippen LogP contribution in [0.2, 0.25) is 5.02 Å². The second kappa shape index (κ2) is 10.6. The average molecular weight is 608 g/mol. The van der Waals surface area contributed by atoms with Crippen molar-refractivity contribution in [1.82, 2.24) is 16.2 Å². The van der Waals surface area contributed by atoms with E-state index >= 15 is 0 Å². The second-order valence-corrected chi connectivity index (χ2v) is 9.54. The molecule has 3 aromatic rings. The highest BCUT2D eigenvalue weighted by Gasteiger charge is 2.18. The molecule has 0 aliphatic carbocycles. The summed E-state index contributed by atoms with van der Waals surface area (Å²) in [5.41, 5.74) is 4.81. The Balaban J connectivity index is 1.52. The van der Waals surface area contributed by atoms with Crippen molar-refractivity contribution in [3.8, 4) is 11.5 Å². The maximum absolute atomic E-state index is 12.5. The van der Waals surface area contributed by atoms with E-state index in [1.54, 1.807) is 43.5 Å². The lowest BCUT2D eigenvalue weighted by molar-refractivity contribution is -0.123. The molecule has 1 aromatic heterocycles. The van der Waals surface area contributed by atoms with E-state index < -0.39 is 11.8 Å². The molecular formula is C19H14Br2ClN3O4S2. The van der Waals surface area contributed by atoms with Gasteiger partial charge in [-0.25, -0.2) is 0 Å². The number of hydrogen-bond acceptors (Lipinski definition) is 6. The molecule has 0 saturated heterocycles. The predicted molar refractivity (Wildman–Crippen MR) is 132 cm³/mol. The highest BCUT2D eigenvalue weighted by Crippen LogP contribution is 2.37. The van der Waals surface area contributed by atoms with Crippen molar-refractivity contribution < 1.29 is 19.1 Å². The number of rotatable bonds is 5. The highest BCUT2D eigenvalue weighted by atomic mass is 79.9. The van der Waals surface area contributed by atoms with E-state index in [0.29, 0.717) is 25.9 Å². The predicted octanol–water partition coefficient (Wildman–Crippen LogP) is 4.80. The fourth-order valence-electron chi connectivity index (χ4n) is 2.41. The summed E-state index contributed by atoms with van der Waals surface area (Å²) in [6.45, 7) is -0.256. The summed E-state index contributed by atoms with van der Waals surface area (Å²) in [5, 5.41) is 3.45. The van der Waals surface area contributed by atoms with E-state index in [9.17, 15) is 9.59 Å². The van der Waals surface area contributed by atoms with Gasteiger partial charge in [-0.05, 0) is 64.5 Å². The number of halogens is 3. The lowest BCUT2D eigenvalue weighted by Crippen LogP contribution is -2.49. The summed E-state index contributed by atoms with van der Waals surface area (Å²) in [6, 6.07) is 10.6. The van der Waals surface area contributed by atoms with Crippen LogP contribution in [0.15, 0.2) is 45.3 Å². The van der Waals surface area contributed by atoms with Crippen LogP contribution in [0.5, 0.6) is 11.5 Å². The van der Waals surface area contributed by atoms with E-state index in [1.165, 1.54) is 11.3 Å². The molecule has 3 N–H and O–H groups in total. The SMILES string of the molecule is COc1ccc2c(Cl)c(C(=O)NC(=S)NNC(=O)COc3ccc(Br)cc3Br)sc2c1. The highest BCUT2D eigenvalue weighted by molar-refractivity contribution is 9.11. The summed E-state index contributed by atoms with van der Waals surface area (Å²) >= 11 is 19.3. The Morgan fingerprint density at radius 1 is 1.16 bits per heavy atom. The first-order chi connectivity index (χ1) is 14.8. The Hall–Kier alpha value is -1.92. The maximum Gasteiger partial charge on any atom is 0.276 e. The Morgan fingerprint density at radius 3 is 2.65 bits per heavy atom. The molecule has 3 rings (SSSR count). The molecule has 0 unspecified atom stereocenters. The molecule has 0 atom stereocenters. The smallest absolute Gasteiger partial charge is 0.276 e. The van der Waals surface area contributed by atoms with E-state index in [-0.39, 0.29) is 11.7 Å². The Morgan fingerprint density at radius 2 is 1.94 bits per heavy atom. The Labute approximate surface area is 208 Å². The van der Waals surface area contributed by atoms with Crippen LogP contribution in [0.25, 0.3) is 10.1 Å². The standard InChI is InChI=1S/C19H14Br2ClN3O4S2/c1-28-10-3-4-11-14(7-10)31-17(16(11)22)18(27)23-19(30)25-24-15(26)8-29-13-5-2-9(20)6-12(13)21/h2-7H,8H2,1H3,(H,24,26)(H2,23,25,27,30). The van der Waals surface area contributed by atoms with Gasteiger partial charge in [-0.15, -0.1) is 11.3 Å². The molecular weight excluding hydrogens is 594 g/mol. The van der Waals surface area contributed by atoms with Crippen molar-refractivity contribution in [1.29, 1.82) is 0 Å². The van der Waals surface area contributed by atoms with Gasteiger partial charge < -0.3 is 9.47 Å². The lowest BCUT2D eigenvalue weighted by Gasteiger charge is -2.12. The molecule has 31 heavy (non-hydrogen) atoms. The van der Waals surface area contributed by atoms with Gasteiger partial charge in [0.15, 0.2) is 11.7 Å². The van der Waals surface area contributed by atoms with Gasteiger partial charge in [-0.2, -0.15) is 0 Å². The molecule has 0 radical (unpaired) electrons. The number of benzene rings is 2. The third kappa shape index (κ3) is 6.07. The van der Waals surface area contributed by atoms with Crippen LogP contribution in [-0.4, -0.2) is 30.6 Å². The largest absolute Gasteiger partial charge is 0.497 e. The Kier molecular flexibility index (Phi) is 8.11. The van der Waals surface area contributed by atoms with Crippen molar-refractivity contribution in [2.24, 2.45) is 0 Å². The van der Waals surface area contributed by atoms with Crippen LogP contribution in [0.4, 0.5) is 0 Å². The van der Waals surface area contributed by atoms with Crippen LogP contribution in [-0.2, 0) is 4.79 Å². The summed E-state index contributed by atoms with van der Waals surface area (Å²) in [4.78, 5) is 24.8. The summed E-state index contributed by atoms with van der Waals surface area (Å²) < 4.78 is 13.0. The van der Waals surface area contributed by atoms with Gasteiger partial charge in [0.05, 0.1) is 16.6 Å². The van der Waals surface area contributed by atoms with Crippen LogP contribution < -0.4 is 25.6 Å². The number of nitrogens with one attached hydrogen (secondary N) is 3. The number of thiophene rings is 1. The molecule has 2 aromatic carbocycles. The molecule has 1 heterocycles. The van der Waals surface area contributed by atoms with E-state index in [1.807, 2.05) is 0 Å². The molecule has 0 bridgehead atoms. The fraction of sp³-hybridized carbons (Fsp3) is 0.105. The third-order valence-electron chi connectivity index (χ3n) is 3.84. The minimum Gasteiger partial charge on any atom is -0.497 e. The first kappa shape index (κ1) is 23.7. The lowest BCUT2D eigenvalue weighted by atomic mass is 10.2. The second-order valence-electron chi connectivity index (χ2n) is 5.93. The van der Waals surface area contributed by atoms with Gasteiger partial charge >= 0.3 is 0 Å². The number of thiocarbonyl (C=S) groups is 1. The normalized spacial score (nSPS) is 10.5. The molecule has 12 heteroatoms. The van der Waals surface area contributed by atoms with Crippen molar-refractivity contribution in [3.05, 3.63) is 55.2 Å². The van der Waals surface area contributed by atoms with E-state index in [2.05, 4.69) is 48.0 Å². The zero-order valence-corrected chi connectivity index (χ0v) is 21.3. The number of carbonyl (C=O) groups is 2. The average Bonchev–Trinajstić information content (AvgIpc) is 3.07. The van der Waals surface area contributed by atoms with E-state index in [4.69, 9.17) is 33.3 Å².